The summed E-state index contributed by atoms with van der Waals surface area (Å²) in [5, 5.41) is 7.39. The molecule has 0 atom stereocenters. The van der Waals surface area contributed by atoms with Gasteiger partial charge in [-0.3, -0.25) is 4.98 Å². The molecule has 45 heavy (non-hydrogen) atoms. The number of pyridine rings is 1. The molecule has 0 N–H and O–H groups in total. The summed E-state index contributed by atoms with van der Waals surface area (Å²) in [7, 11) is 0. The molecule has 0 aliphatic carbocycles. The minimum atomic E-state index is 0.391. The van der Waals surface area contributed by atoms with Crippen LogP contribution in [0.25, 0.3) is 0 Å². The van der Waals surface area contributed by atoms with Gasteiger partial charge in [-0.1, -0.05) is 122 Å². The van der Waals surface area contributed by atoms with Crippen LogP contribution in [-0.4, -0.2) is 20.1 Å². The molecule has 4 aromatic heterocycles. The van der Waals surface area contributed by atoms with Gasteiger partial charge in [-0.05, 0) is 40.7 Å². The predicted octanol–water partition coefficient (Wildman–Crippen LogP) is 12.6. The third-order valence-corrected chi connectivity index (χ3v) is 8.23. The summed E-state index contributed by atoms with van der Waals surface area (Å²) < 4.78 is 10.4. The van der Waals surface area contributed by atoms with Gasteiger partial charge in [0.25, 0.3) is 0 Å². The average Bonchev–Trinajstić information content (AvgIpc) is 3.75. The molecule has 0 saturated heterocycles. The molecule has 0 bridgehead atoms. The van der Waals surface area contributed by atoms with Crippen LogP contribution in [0, 0.1) is 0 Å². The lowest BCUT2D eigenvalue weighted by atomic mass is 9.99. The number of hydrogen-bond acceptors (Lipinski definition) is 7. The average molecular weight is 639 g/mol. The van der Waals surface area contributed by atoms with Gasteiger partial charge < -0.3 is 8.94 Å². The van der Waals surface area contributed by atoms with E-state index >= 15 is 0 Å². The van der Waals surface area contributed by atoms with Gasteiger partial charge in [0.05, 0.1) is 22.1 Å². The molecule has 6 nitrogen and oxygen atoms in total. The fourth-order valence-electron chi connectivity index (χ4n) is 3.62. The van der Waals surface area contributed by atoms with Crippen molar-refractivity contribution in [3.8, 4) is 0 Å². The van der Waals surface area contributed by atoms with Crippen molar-refractivity contribution in [2.75, 3.05) is 0 Å². The topological polar surface area (TPSA) is 77.8 Å². The highest BCUT2D eigenvalue weighted by Gasteiger charge is 2.11. The van der Waals surface area contributed by atoms with Crippen LogP contribution in [-0.2, 0) is 0 Å². The van der Waals surface area contributed by atoms with Crippen molar-refractivity contribution in [2.24, 2.45) is 0 Å². The number of hydrogen-bond donors (Lipinski definition) is 0. The zero-order valence-electron chi connectivity index (χ0n) is 31.1. The smallest absolute Gasteiger partial charge is 0.196 e. The standard InChI is InChI=1S/C11H17N.2C9H15NO.C9H15NS/c1-8(2)10-5-11(9(3)4)7-12-6-10;1-6(2)8-5-11-9(10-8)7(3)4;1-6(2)8-5-9(7(3)4)11-10-8;1-6(2)8-5-11-9(10-8)7(3)4/h5-9H,1-4H3;3*5-7H,1-4H3. The SMILES string of the molecule is CC(C)c1cc(C(C)C)on1.CC(C)c1cncc(C(C)C)c1.CC(C)c1coc(C(C)C)n1.CC(C)c1csc(C(C)C)n1. The highest BCUT2D eigenvalue weighted by Crippen LogP contribution is 2.23. The Morgan fingerprint density at radius 1 is 0.533 bits per heavy atom. The molecular formula is C38H62N4O2S. The molecule has 4 aromatic rings. The Morgan fingerprint density at radius 2 is 1.07 bits per heavy atom. The lowest BCUT2D eigenvalue weighted by Crippen LogP contribution is -1.94. The summed E-state index contributed by atoms with van der Waals surface area (Å²) in [5.41, 5.74) is 6.00. The zero-order valence-corrected chi connectivity index (χ0v) is 31.9. The van der Waals surface area contributed by atoms with Gasteiger partial charge in [-0.15, -0.1) is 11.3 Å². The van der Waals surface area contributed by atoms with E-state index in [2.05, 4.69) is 142 Å². The first-order valence-electron chi connectivity index (χ1n) is 16.8. The summed E-state index contributed by atoms with van der Waals surface area (Å²) in [6.45, 7) is 34.3. The van der Waals surface area contributed by atoms with Crippen LogP contribution in [0.2, 0.25) is 0 Å². The third-order valence-electron chi connectivity index (χ3n) is 7.07. The molecule has 0 fully saturated rings. The van der Waals surface area contributed by atoms with E-state index < -0.39 is 0 Å². The largest absolute Gasteiger partial charge is 0.448 e. The molecule has 0 aliphatic rings. The van der Waals surface area contributed by atoms with Gasteiger partial charge in [-0.25, -0.2) is 9.97 Å². The first-order valence-corrected chi connectivity index (χ1v) is 17.6. The second-order valence-corrected chi connectivity index (χ2v) is 15.1. The van der Waals surface area contributed by atoms with E-state index in [4.69, 9.17) is 8.94 Å². The lowest BCUT2D eigenvalue weighted by molar-refractivity contribution is 0.363. The van der Waals surface area contributed by atoms with E-state index in [1.807, 2.05) is 18.5 Å². The van der Waals surface area contributed by atoms with Crippen LogP contribution in [0.15, 0.2) is 45.1 Å². The minimum absolute atomic E-state index is 0.391. The maximum atomic E-state index is 5.28. The van der Waals surface area contributed by atoms with Gasteiger partial charge in [-0.2, -0.15) is 0 Å². The van der Waals surface area contributed by atoms with Crippen molar-refractivity contribution in [1.29, 1.82) is 0 Å². The van der Waals surface area contributed by atoms with E-state index in [0.29, 0.717) is 47.3 Å². The molecule has 0 aromatic carbocycles. The van der Waals surface area contributed by atoms with Crippen LogP contribution >= 0.6 is 11.3 Å². The molecule has 0 radical (unpaired) electrons. The van der Waals surface area contributed by atoms with Crippen LogP contribution in [0.3, 0.4) is 0 Å². The second-order valence-electron chi connectivity index (χ2n) is 14.2. The highest BCUT2D eigenvalue weighted by molar-refractivity contribution is 7.09. The summed E-state index contributed by atoms with van der Waals surface area (Å²) in [4.78, 5) is 13.1. The van der Waals surface area contributed by atoms with Crippen LogP contribution in [0.4, 0.5) is 0 Å². The van der Waals surface area contributed by atoms with Crippen molar-refractivity contribution in [2.45, 2.75) is 158 Å². The Kier molecular flexibility index (Phi) is 17.6. The first-order chi connectivity index (χ1) is 20.9. The molecule has 7 heteroatoms. The molecule has 0 amide bonds. The predicted molar refractivity (Wildman–Crippen MR) is 192 cm³/mol. The molecule has 252 valence electrons. The van der Waals surface area contributed by atoms with Gasteiger partial charge in [0.1, 0.15) is 12.0 Å². The maximum absolute atomic E-state index is 5.28. The Morgan fingerprint density at radius 3 is 1.36 bits per heavy atom. The van der Waals surface area contributed by atoms with Gasteiger partial charge in [0.2, 0.25) is 0 Å². The number of nitrogens with zero attached hydrogens (tertiary/aromatic N) is 4. The molecule has 4 rings (SSSR count). The summed E-state index contributed by atoms with van der Waals surface area (Å²) in [6, 6.07) is 4.29. The van der Waals surface area contributed by atoms with E-state index in [1.54, 1.807) is 17.6 Å². The second kappa shape index (κ2) is 19.7. The monoisotopic (exact) mass is 638 g/mol. The lowest BCUT2D eigenvalue weighted by Gasteiger charge is -2.09. The molecule has 0 unspecified atom stereocenters. The fourth-order valence-corrected chi connectivity index (χ4v) is 4.61. The highest BCUT2D eigenvalue weighted by atomic mass is 32.1. The van der Waals surface area contributed by atoms with E-state index in [0.717, 1.165) is 23.0 Å². The van der Waals surface area contributed by atoms with Crippen molar-refractivity contribution < 1.29 is 8.94 Å². The Hall–Kier alpha value is -2.80. The summed E-state index contributed by atoms with van der Waals surface area (Å²) >= 11 is 1.77. The van der Waals surface area contributed by atoms with Crippen LogP contribution in [0.5, 0.6) is 0 Å². The Labute approximate surface area is 278 Å². The van der Waals surface area contributed by atoms with Crippen molar-refractivity contribution in [1.82, 2.24) is 20.1 Å². The molecule has 0 saturated carbocycles. The van der Waals surface area contributed by atoms with Gasteiger partial charge in [0, 0.05) is 41.6 Å². The van der Waals surface area contributed by atoms with Crippen molar-refractivity contribution in [3.05, 3.63) is 81.0 Å². The molecular weight excluding hydrogens is 577 g/mol. The number of oxazole rings is 1. The Bertz CT molecular complexity index is 1130. The summed E-state index contributed by atoms with van der Waals surface area (Å²) in [5.74, 6) is 5.89. The van der Waals surface area contributed by atoms with E-state index in [9.17, 15) is 0 Å². The third kappa shape index (κ3) is 14.4. The van der Waals surface area contributed by atoms with Crippen molar-refractivity contribution >= 4 is 11.3 Å². The van der Waals surface area contributed by atoms with E-state index in [-0.39, 0.29) is 0 Å². The van der Waals surface area contributed by atoms with Gasteiger partial charge >= 0.3 is 0 Å². The fraction of sp³-hybridized carbons (Fsp3) is 0.632. The normalized spacial score (nSPS) is 11.4. The van der Waals surface area contributed by atoms with E-state index in [1.165, 1.54) is 21.8 Å². The van der Waals surface area contributed by atoms with Gasteiger partial charge in [0.15, 0.2) is 5.89 Å². The Balaban J connectivity index is 0.000000300. The van der Waals surface area contributed by atoms with Crippen LogP contribution < -0.4 is 0 Å². The minimum Gasteiger partial charge on any atom is -0.448 e. The number of rotatable bonds is 8. The zero-order chi connectivity index (χ0) is 34.4. The van der Waals surface area contributed by atoms with Crippen molar-refractivity contribution in [3.63, 3.8) is 0 Å². The number of aromatic nitrogens is 4. The number of thiazole rings is 1. The first kappa shape index (κ1) is 40.2. The molecule has 0 aliphatic heterocycles. The summed E-state index contributed by atoms with van der Waals surface area (Å²) in [6.07, 6.45) is 5.66. The van der Waals surface area contributed by atoms with Crippen LogP contribution in [0.1, 0.15) is 203 Å². The maximum Gasteiger partial charge on any atom is 0.196 e. The quantitative estimate of drug-likeness (QED) is 0.191. The molecule has 4 heterocycles. The molecule has 0 spiro atoms.